The highest BCUT2D eigenvalue weighted by Crippen LogP contribution is 2.24. The van der Waals surface area contributed by atoms with Crippen molar-refractivity contribution in [3.05, 3.63) is 95.6 Å². The second-order valence-electron chi connectivity index (χ2n) is 7.60. The number of H-pyrrole nitrogens is 1. The number of amides is 1. The summed E-state index contributed by atoms with van der Waals surface area (Å²) in [6.07, 6.45) is 3.74. The molecule has 2 aromatic heterocycles. The van der Waals surface area contributed by atoms with Crippen molar-refractivity contribution < 1.29 is 4.79 Å². The molecule has 0 saturated heterocycles. The standard InChI is InChI=1S/C24H25N5O/c1-17(2)22-14-23(28-27-22)24(30)25-15-20-6-3-4-7-21(20)19-10-8-18(9-11-19)16-29-13-5-12-26-29/h3-14,17H,15-16H2,1-2H3,(H,25,30)(H,27,28). The Balaban J connectivity index is 1.46. The van der Waals surface area contributed by atoms with Crippen molar-refractivity contribution in [2.45, 2.75) is 32.9 Å². The van der Waals surface area contributed by atoms with Crippen LogP contribution in [0.15, 0.2) is 73.1 Å². The van der Waals surface area contributed by atoms with Crippen molar-refractivity contribution in [3.63, 3.8) is 0 Å². The molecule has 2 N–H and O–H groups in total. The number of rotatable bonds is 7. The first-order chi connectivity index (χ1) is 14.6. The number of carbonyl (C=O) groups excluding carboxylic acids is 1. The van der Waals surface area contributed by atoms with Crippen LogP contribution in [0.3, 0.4) is 0 Å². The van der Waals surface area contributed by atoms with Crippen molar-refractivity contribution in [2.24, 2.45) is 0 Å². The van der Waals surface area contributed by atoms with Gasteiger partial charge < -0.3 is 5.32 Å². The van der Waals surface area contributed by atoms with Crippen LogP contribution in [0.25, 0.3) is 11.1 Å². The average molecular weight is 399 g/mol. The van der Waals surface area contributed by atoms with Gasteiger partial charge in [0.05, 0.1) is 6.54 Å². The number of benzene rings is 2. The first-order valence-electron chi connectivity index (χ1n) is 10.1. The maximum absolute atomic E-state index is 12.5. The van der Waals surface area contributed by atoms with E-state index in [9.17, 15) is 4.79 Å². The Morgan fingerprint density at radius 1 is 1.10 bits per heavy atom. The maximum atomic E-state index is 12.5. The van der Waals surface area contributed by atoms with Gasteiger partial charge in [-0.05, 0) is 40.3 Å². The third-order valence-corrected chi connectivity index (χ3v) is 5.08. The van der Waals surface area contributed by atoms with Crippen LogP contribution in [0.2, 0.25) is 0 Å². The molecule has 0 aliphatic carbocycles. The second-order valence-corrected chi connectivity index (χ2v) is 7.60. The third-order valence-electron chi connectivity index (χ3n) is 5.08. The van der Waals surface area contributed by atoms with Crippen LogP contribution in [0.5, 0.6) is 0 Å². The van der Waals surface area contributed by atoms with Crippen LogP contribution in [0.1, 0.15) is 47.1 Å². The Morgan fingerprint density at radius 2 is 1.90 bits per heavy atom. The third kappa shape index (κ3) is 4.49. The molecule has 152 valence electrons. The van der Waals surface area contributed by atoms with Gasteiger partial charge in [0.15, 0.2) is 0 Å². The fourth-order valence-corrected chi connectivity index (χ4v) is 3.34. The van der Waals surface area contributed by atoms with Crippen molar-refractivity contribution in [3.8, 4) is 11.1 Å². The van der Waals surface area contributed by atoms with E-state index in [1.807, 2.05) is 41.2 Å². The molecule has 6 heteroatoms. The summed E-state index contributed by atoms with van der Waals surface area (Å²) in [7, 11) is 0. The van der Waals surface area contributed by atoms with E-state index in [0.717, 1.165) is 28.9 Å². The van der Waals surface area contributed by atoms with E-state index in [-0.39, 0.29) is 5.91 Å². The molecule has 4 aromatic rings. The molecule has 6 nitrogen and oxygen atoms in total. The van der Waals surface area contributed by atoms with Crippen LogP contribution >= 0.6 is 0 Å². The average Bonchev–Trinajstić information content (AvgIpc) is 3.45. The normalized spacial score (nSPS) is 11.0. The van der Waals surface area contributed by atoms with Crippen LogP contribution in [-0.4, -0.2) is 25.9 Å². The maximum Gasteiger partial charge on any atom is 0.272 e. The molecule has 2 heterocycles. The van der Waals surface area contributed by atoms with Gasteiger partial charge in [0.25, 0.3) is 5.91 Å². The zero-order chi connectivity index (χ0) is 20.9. The fourth-order valence-electron chi connectivity index (χ4n) is 3.34. The summed E-state index contributed by atoms with van der Waals surface area (Å²) in [5.74, 6) is 0.124. The molecule has 30 heavy (non-hydrogen) atoms. The summed E-state index contributed by atoms with van der Waals surface area (Å²) in [5, 5.41) is 14.3. The zero-order valence-corrected chi connectivity index (χ0v) is 17.2. The lowest BCUT2D eigenvalue weighted by Crippen LogP contribution is -2.23. The minimum absolute atomic E-state index is 0.178. The van der Waals surface area contributed by atoms with E-state index in [2.05, 4.69) is 64.8 Å². The Morgan fingerprint density at radius 3 is 2.60 bits per heavy atom. The molecule has 0 spiro atoms. The fraction of sp³-hybridized carbons (Fsp3) is 0.208. The van der Waals surface area contributed by atoms with Gasteiger partial charge in [0.2, 0.25) is 0 Å². The summed E-state index contributed by atoms with van der Waals surface area (Å²) in [6, 6.07) is 20.3. The van der Waals surface area contributed by atoms with Gasteiger partial charge in [0, 0.05) is 24.6 Å². The van der Waals surface area contributed by atoms with E-state index in [1.165, 1.54) is 5.56 Å². The monoisotopic (exact) mass is 399 g/mol. The summed E-state index contributed by atoms with van der Waals surface area (Å²) >= 11 is 0. The zero-order valence-electron chi connectivity index (χ0n) is 17.2. The lowest BCUT2D eigenvalue weighted by Gasteiger charge is -2.11. The minimum Gasteiger partial charge on any atom is -0.347 e. The highest BCUT2D eigenvalue weighted by atomic mass is 16.1. The van der Waals surface area contributed by atoms with Crippen LogP contribution < -0.4 is 5.32 Å². The summed E-state index contributed by atoms with van der Waals surface area (Å²) in [4.78, 5) is 12.5. The lowest BCUT2D eigenvalue weighted by molar-refractivity contribution is 0.0946. The molecule has 0 aliphatic heterocycles. The quantitative estimate of drug-likeness (QED) is 0.484. The first-order valence-corrected chi connectivity index (χ1v) is 10.1. The van der Waals surface area contributed by atoms with Gasteiger partial charge in [-0.15, -0.1) is 0 Å². The first kappa shape index (κ1) is 19.6. The van der Waals surface area contributed by atoms with Crippen molar-refractivity contribution in [1.82, 2.24) is 25.3 Å². The van der Waals surface area contributed by atoms with Gasteiger partial charge in [-0.2, -0.15) is 10.2 Å². The van der Waals surface area contributed by atoms with E-state index in [0.29, 0.717) is 18.2 Å². The summed E-state index contributed by atoms with van der Waals surface area (Å²) < 4.78 is 1.90. The van der Waals surface area contributed by atoms with Gasteiger partial charge in [-0.3, -0.25) is 14.6 Å². The van der Waals surface area contributed by atoms with Crippen molar-refractivity contribution >= 4 is 5.91 Å². The van der Waals surface area contributed by atoms with Gasteiger partial charge in [0.1, 0.15) is 5.69 Å². The molecule has 0 saturated carbocycles. The number of aromatic nitrogens is 4. The number of hydrogen-bond acceptors (Lipinski definition) is 3. The van der Waals surface area contributed by atoms with Crippen LogP contribution in [-0.2, 0) is 13.1 Å². The molecule has 0 radical (unpaired) electrons. The molecular formula is C24H25N5O. The predicted molar refractivity (Wildman–Crippen MR) is 117 cm³/mol. The molecule has 1 amide bonds. The molecule has 0 unspecified atom stereocenters. The smallest absolute Gasteiger partial charge is 0.272 e. The number of hydrogen-bond donors (Lipinski definition) is 2. The number of nitrogens with zero attached hydrogens (tertiary/aromatic N) is 3. The molecule has 0 atom stereocenters. The van der Waals surface area contributed by atoms with Crippen LogP contribution in [0.4, 0.5) is 0 Å². The highest BCUT2D eigenvalue weighted by molar-refractivity contribution is 5.92. The van der Waals surface area contributed by atoms with Crippen molar-refractivity contribution in [1.29, 1.82) is 0 Å². The number of carbonyl (C=O) groups is 1. The van der Waals surface area contributed by atoms with E-state index >= 15 is 0 Å². The Labute approximate surface area is 176 Å². The Bertz CT molecular complexity index is 1110. The van der Waals surface area contributed by atoms with E-state index < -0.39 is 0 Å². The Hall–Kier alpha value is -3.67. The van der Waals surface area contributed by atoms with E-state index in [4.69, 9.17) is 0 Å². The topological polar surface area (TPSA) is 75.6 Å². The predicted octanol–water partition coefficient (Wildman–Crippen LogP) is 4.37. The molecule has 0 fully saturated rings. The van der Waals surface area contributed by atoms with Crippen molar-refractivity contribution in [2.75, 3.05) is 0 Å². The molecule has 0 bridgehead atoms. The summed E-state index contributed by atoms with van der Waals surface area (Å²) in [6.45, 7) is 5.30. The number of nitrogens with one attached hydrogen (secondary N) is 2. The largest absolute Gasteiger partial charge is 0.347 e. The van der Waals surface area contributed by atoms with Crippen LogP contribution in [0, 0.1) is 0 Å². The highest BCUT2D eigenvalue weighted by Gasteiger charge is 2.13. The SMILES string of the molecule is CC(C)c1cc(C(=O)NCc2ccccc2-c2ccc(Cn3cccn3)cc2)n[nH]1. The van der Waals surface area contributed by atoms with Gasteiger partial charge in [-0.1, -0.05) is 62.4 Å². The lowest BCUT2D eigenvalue weighted by atomic mass is 9.98. The molecule has 0 aliphatic rings. The number of aromatic amines is 1. The van der Waals surface area contributed by atoms with Gasteiger partial charge >= 0.3 is 0 Å². The Kier molecular flexibility index (Phi) is 5.75. The minimum atomic E-state index is -0.178. The second kappa shape index (κ2) is 8.78. The molecule has 2 aromatic carbocycles. The summed E-state index contributed by atoms with van der Waals surface area (Å²) in [5.41, 5.74) is 5.84. The van der Waals surface area contributed by atoms with Gasteiger partial charge in [-0.25, -0.2) is 0 Å². The molecular weight excluding hydrogens is 374 g/mol. The molecule has 4 rings (SSSR count). The van der Waals surface area contributed by atoms with E-state index in [1.54, 1.807) is 6.20 Å².